The van der Waals surface area contributed by atoms with E-state index in [1.54, 1.807) is 6.92 Å². The van der Waals surface area contributed by atoms with Gasteiger partial charge in [-0.1, -0.05) is 48.3 Å². The van der Waals surface area contributed by atoms with Crippen LogP contribution in [0.25, 0.3) is 0 Å². The molecule has 1 aromatic rings. The molecule has 0 aliphatic carbocycles. The van der Waals surface area contributed by atoms with Crippen molar-refractivity contribution < 1.29 is 24.0 Å². The first-order valence-electron chi connectivity index (χ1n) is 13.4. The SMILES string of the molecule is CCNC(=O)C(=O)[C@H](Cc1ccc(Br)cc1)NC(=O)[C@@H](NC(=O)CCCCC1SC[C@@H]2NC(=O)N[C@H]12)C(C)C. The quantitative estimate of drug-likeness (QED) is 0.122. The summed E-state index contributed by atoms with van der Waals surface area (Å²) in [5, 5.41) is 14.3. The number of benzene rings is 1. The van der Waals surface area contributed by atoms with Crippen LogP contribution in [-0.2, 0) is 25.6 Å². The third-order valence-corrected chi connectivity index (χ3v) is 8.93. The van der Waals surface area contributed by atoms with Crippen LogP contribution >= 0.6 is 27.7 Å². The van der Waals surface area contributed by atoms with E-state index < -0.39 is 29.7 Å². The van der Waals surface area contributed by atoms with Crippen molar-refractivity contribution in [3.05, 3.63) is 34.3 Å². The van der Waals surface area contributed by atoms with Gasteiger partial charge >= 0.3 is 6.03 Å². The average Bonchev–Trinajstić information content (AvgIpc) is 3.44. The molecule has 2 fully saturated rings. The van der Waals surface area contributed by atoms with Crippen LogP contribution in [0.2, 0.25) is 0 Å². The van der Waals surface area contributed by atoms with Crippen molar-refractivity contribution in [2.24, 2.45) is 5.92 Å². The van der Waals surface area contributed by atoms with Gasteiger partial charge in [0.15, 0.2) is 0 Å². The summed E-state index contributed by atoms with van der Waals surface area (Å²) in [5.41, 5.74) is 0.783. The zero-order valence-electron chi connectivity index (χ0n) is 22.6. The van der Waals surface area contributed by atoms with E-state index in [9.17, 15) is 24.0 Å². The number of fused-ring (bicyclic) bond motifs is 1. The highest BCUT2D eigenvalue weighted by Crippen LogP contribution is 2.33. The Hall–Kier alpha value is -2.60. The molecule has 0 aromatic heterocycles. The third-order valence-electron chi connectivity index (χ3n) is 6.89. The zero-order valence-corrected chi connectivity index (χ0v) is 25.0. The second kappa shape index (κ2) is 14.7. The van der Waals surface area contributed by atoms with Gasteiger partial charge in [-0.05, 0) is 43.4 Å². The fourth-order valence-electron chi connectivity index (χ4n) is 4.79. The van der Waals surface area contributed by atoms with Crippen LogP contribution in [0.4, 0.5) is 4.79 Å². The molecule has 10 nitrogen and oxygen atoms in total. The lowest BCUT2D eigenvalue weighted by Gasteiger charge is -2.25. The van der Waals surface area contributed by atoms with Crippen LogP contribution in [0, 0.1) is 5.92 Å². The van der Waals surface area contributed by atoms with Crippen molar-refractivity contribution in [2.75, 3.05) is 12.3 Å². The number of Topliss-reactive ketones (excluding diaryl/α,β-unsaturated/α-hetero) is 1. The molecule has 2 aliphatic rings. The van der Waals surface area contributed by atoms with Crippen molar-refractivity contribution in [2.45, 2.75) is 82.3 Å². The van der Waals surface area contributed by atoms with Gasteiger partial charge < -0.3 is 26.6 Å². The Kier molecular flexibility index (Phi) is 11.7. The van der Waals surface area contributed by atoms with Gasteiger partial charge in [-0.15, -0.1) is 0 Å². The Morgan fingerprint density at radius 2 is 1.79 bits per heavy atom. The zero-order chi connectivity index (χ0) is 28.5. The van der Waals surface area contributed by atoms with Crippen LogP contribution in [0.15, 0.2) is 28.7 Å². The molecule has 5 atom stereocenters. The Bertz CT molecular complexity index is 1050. The molecule has 39 heavy (non-hydrogen) atoms. The summed E-state index contributed by atoms with van der Waals surface area (Å²) in [7, 11) is 0. The van der Waals surface area contributed by atoms with E-state index in [2.05, 4.69) is 42.5 Å². The van der Waals surface area contributed by atoms with E-state index in [0.29, 0.717) is 18.2 Å². The van der Waals surface area contributed by atoms with Crippen molar-refractivity contribution in [3.8, 4) is 0 Å². The molecule has 12 heteroatoms. The molecule has 0 radical (unpaired) electrons. The van der Waals surface area contributed by atoms with E-state index in [1.165, 1.54) is 0 Å². The maximum atomic E-state index is 13.2. The summed E-state index contributed by atoms with van der Waals surface area (Å²) in [4.78, 5) is 62.7. The van der Waals surface area contributed by atoms with Crippen molar-refractivity contribution in [1.82, 2.24) is 26.6 Å². The maximum Gasteiger partial charge on any atom is 0.315 e. The number of carbonyl (C=O) groups is 5. The van der Waals surface area contributed by atoms with E-state index in [4.69, 9.17) is 0 Å². The second-order valence-corrected chi connectivity index (χ2v) is 12.5. The van der Waals surface area contributed by atoms with Crippen molar-refractivity contribution >= 4 is 57.2 Å². The summed E-state index contributed by atoms with van der Waals surface area (Å²) in [6, 6.07) is 5.57. The summed E-state index contributed by atoms with van der Waals surface area (Å²) in [6.07, 6.45) is 2.81. The fraction of sp³-hybridized carbons (Fsp3) is 0.593. The van der Waals surface area contributed by atoms with E-state index in [0.717, 1.165) is 28.6 Å². The number of urea groups is 1. The van der Waals surface area contributed by atoms with Crippen LogP contribution in [0.3, 0.4) is 0 Å². The largest absolute Gasteiger partial charge is 0.350 e. The minimum Gasteiger partial charge on any atom is -0.350 e. The van der Waals surface area contributed by atoms with Crippen molar-refractivity contribution in [3.63, 3.8) is 0 Å². The number of hydrogen-bond acceptors (Lipinski definition) is 6. The highest BCUT2D eigenvalue weighted by atomic mass is 79.9. The number of ketones is 1. The number of carbonyl (C=O) groups excluding carboxylic acids is 5. The van der Waals surface area contributed by atoms with Gasteiger partial charge in [0, 0.05) is 34.9 Å². The lowest BCUT2D eigenvalue weighted by atomic mass is 9.98. The number of thioether (sulfide) groups is 1. The van der Waals surface area contributed by atoms with Crippen LogP contribution in [0.1, 0.15) is 52.0 Å². The summed E-state index contributed by atoms with van der Waals surface area (Å²) < 4.78 is 0.873. The number of nitrogens with one attached hydrogen (secondary N) is 5. The number of halogens is 1. The van der Waals surface area contributed by atoms with Gasteiger partial charge in [-0.25, -0.2) is 4.79 Å². The number of hydrogen-bond donors (Lipinski definition) is 5. The molecule has 2 heterocycles. The predicted octanol–water partition coefficient (Wildman–Crippen LogP) is 2.05. The van der Waals surface area contributed by atoms with Crippen LogP contribution < -0.4 is 26.6 Å². The average molecular weight is 625 g/mol. The molecule has 5 amide bonds. The van der Waals surface area contributed by atoms with Gasteiger partial charge in [0.2, 0.25) is 17.6 Å². The number of likely N-dealkylation sites (N-methyl/N-ethyl adjacent to an activating group) is 1. The molecule has 2 saturated heterocycles. The lowest BCUT2D eigenvalue weighted by Crippen LogP contribution is -2.56. The standard InChI is InChI=1S/C27H38BrN5O5S/c1-4-29-26(37)24(35)18(13-16-9-11-17(28)12-10-16)30-25(36)22(15(2)3)32-21(34)8-6-5-7-20-23-19(14-39-20)31-27(38)33-23/h9-12,15,18-20,22-23H,4-8,13-14H2,1-3H3,(H,29,37)(H,30,36)(H,32,34)(H2,31,33,38)/t18-,19-,20?,22-,23-/m0/s1. The van der Waals surface area contributed by atoms with Gasteiger partial charge in [0.05, 0.1) is 12.1 Å². The van der Waals surface area contributed by atoms with Gasteiger partial charge in [-0.3, -0.25) is 19.2 Å². The Balaban J connectivity index is 1.53. The molecule has 214 valence electrons. The molecule has 2 aliphatic heterocycles. The number of rotatable bonds is 14. The first kappa shape index (κ1) is 30.9. The highest BCUT2D eigenvalue weighted by Gasteiger charge is 2.42. The van der Waals surface area contributed by atoms with Gasteiger partial charge in [0.25, 0.3) is 5.91 Å². The van der Waals surface area contributed by atoms with Gasteiger partial charge in [0.1, 0.15) is 12.1 Å². The maximum absolute atomic E-state index is 13.2. The van der Waals surface area contributed by atoms with Crippen LogP contribution in [-0.4, -0.2) is 71.3 Å². The molecule has 1 aromatic carbocycles. The van der Waals surface area contributed by atoms with E-state index >= 15 is 0 Å². The number of unbranched alkanes of at least 4 members (excludes halogenated alkanes) is 1. The normalized spacial score (nSPS) is 21.4. The minimum absolute atomic E-state index is 0.112. The second-order valence-electron chi connectivity index (χ2n) is 10.3. The first-order chi connectivity index (χ1) is 18.6. The van der Waals surface area contributed by atoms with Crippen molar-refractivity contribution in [1.29, 1.82) is 0 Å². The smallest absolute Gasteiger partial charge is 0.315 e. The van der Waals surface area contributed by atoms with Gasteiger partial charge in [-0.2, -0.15) is 11.8 Å². The fourth-order valence-corrected chi connectivity index (χ4v) is 6.60. The van der Waals surface area contributed by atoms with E-state index in [1.807, 2.05) is 49.9 Å². The molecule has 1 unspecified atom stereocenters. The summed E-state index contributed by atoms with van der Waals surface area (Å²) in [5.74, 6) is -1.57. The Labute approximate surface area is 242 Å². The summed E-state index contributed by atoms with van der Waals surface area (Å²) >= 11 is 5.21. The molecule has 0 saturated carbocycles. The Morgan fingerprint density at radius 3 is 2.46 bits per heavy atom. The molecule has 3 rings (SSSR count). The molecule has 5 N–H and O–H groups in total. The van der Waals surface area contributed by atoms with Crippen LogP contribution in [0.5, 0.6) is 0 Å². The monoisotopic (exact) mass is 623 g/mol. The molecule has 0 spiro atoms. The Morgan fingerprint density at radius 1 is 1.08 bits per heavy atom. The predicted molar refractivity (Wildman–Crippen MR) is 154 cm³/mol. The minimum atomic E-state index is -1.07. The summed E-state index contributed by atoms with van der Waals surface area (Å²) in [6.45, 7) is 5.64. The lowest BCUT2D eigenvalue weighted by molar-refractivity contribution is -0.140. The van der Waals surface area contributed by atoms with E-state index in [-0.39, 0.29) is 42.8 Å². The third kappa shape index (κ3) is 8.96. The molecular weight excluding hydrogens is 586 g/mol. The topological polar surface area (TPSA) is 146 Å². The molecule has 0 bridgehead atoms. The number of amides is 5. The first-order valence-corrected chi connectivity index (χ1v) is 15.3. The highest BCUT2D eigenvalue weighted by molar-refractivity contribution is 9.10. The molecular formula is C27H38BrN5O5S.